The molecule has 0 bridgehead atoms. The molecule has 0 fully saturated rings. The minimum absolute atomic E-state index is 0.128. The SMILES string of the molecule is Cc1c([N+](=O)[O-])c([N+](=O)[O-])c(Cl)c2[nH]c(=O)c(=O)[nH]c12. The van der Waals surface area contributed by atoms with E-state index in [0.717, 1.165) is 0 Å². The molecule has 0 unspecified atom stereocenters. The lowest BCUT2D eigenvalue weighted by Gasteiger charge is -2.06. The van der Waals surface area contributed by atoms with E-state index in [0.29, 0.717) is 0 Å². The predicted octanol–water partition coefficient (Wildman–Crippen LogP) is 0.995. The average molecular weight is 301 g/mol. The minimum atomic E-state index is -1.07. The largest absolute Gasteiger partial charge is 0.367 e. The highest BCUT2D eigenvalue weighted by atomic mass is 35.5. The Morgan fingerprint density at radius 3 is 1.85 bits per heavy atom. The number of aromatic amines is 2. The van der Waals surface area contributed by atoms with E-state index in [-0.39, 0.29) is 16.6 Å². The number of rotatable bonds is 2. The van der Waals surface area contributed by atoms with Crippen molar-refractivity contribution < 1.29 is 9.85 Å². The monoisotopic (exact) mass is 300 g/mol. The van der Waals surface area contributed by atoms with Crippen molar-refractivity contribution in [1.29, 1.82) is 0 Å². The molecule has 2 aromatic rings. The summed E-state index contributed by atoms with van der Waals surface area (Å²) < 4.78 is 0. The summed E-state index contributed by atoms with van der Waals surface area (Å²) >= 11 is 5.74. The molecule has 0 atom stereocenters. The van der Waals surface area contributed by atoms with Gasteiger partial charge < -0.3 is 9.97 Å². The second-order valence-electron chi connectivity index (χ2n) is 3.81. The zero-order valence-corrected chi connectivity index (χ0v) is 10.5. The van der Waals surface area contributed by atoms with Gasteiger partial charge in [-0.15, -0.1) is 0 Å². The molecule has 0 amide bonds. The molecule has 11 heteroatoms. The Labute approximate surface area is 113 Å². The summed E-state index contributed by atoms with van der Waals surface area (Å²) in [4.78, 5) is 46.6. The zero-order chi connectivity index (χ0) is 15.2. The molecule has 0 radical (unpaired) electrons. The third kappa shape index (κ3) is 1.82. The molecule has 0 aliphatic heterocycles. The van der Waals surface area contributed by atoms with E-state index in [1.807, 2.05) is 0 Å². The molecule has 0 spiro atoms. The Hall–Kier alpha value is -2.75. The smallest absolute Gasteiger partial charge is 0.315 e. The molecular formula is C9H5ClN4O6. The fourth-order valence-corrected chi connectivity index (χ4v) is 2.12. The molecule has 0 aliphatic carbocycles. The van der Waals surface area contributed by atoms with Crippen molar-refractivity contribution in [3.8, 4) is 0 Å². The van der Waals surface area contributed by atoms with Crippen molar-refractivity contribution >= 4 is 34.0 Å². The quantitative estimate of drug-likeness (QED) is 0.479. The Bertz CT molecular complexity index is 810. The summed E-state index contributed by atoms with van der Waals surface area (Å²) in [6.07, 6.45) is 0. The van der Waals surface area contributed by atoms with E-state index in [1.165, 1.54) is 6.92 Å². The van der Waals surface area contributed by atoms with Gasteiger partial charge >= 0.3 is 22.5 Å². The Morgan fingerprint density at radius 2 is 1.40 bits per heavy atom. The summed E-state index contributed by atoms with van der Waals surface area (Å²) in [6.45, 7) is 1.21. The third-order valence-corrected chi connectivity index (χ3v) is 3.05. The lowest BCUT2D eigenvalue weighted by Crippen LogP contribution is -2.29. The van der Waals surface area contributed by atoms with Gasteiger partial charge in [0, 0.05) is 0 Å². The van der Waals surface area contributed by atoms with Gasteiger partial charge in [-0.2, -0.15) is 0 Å². The maximum absolute atomic E-state index is 11.3. The van der Waals surface area contributed by atoms with Crippen LogP contribution in [0.5, 0.6) is 0 Å². The van der Waals surface area contributed by atoms with Crippen LogP contribution in [0.25, 0.3) is 11.0 Å². The molecule has 104 valence electrons. The Balaban J connectivity index is 3.18. The average Bonchev–Trinajstić information content (AvgIpc) is 2.34. The van der Waals surface area contributed by atoms with Crippen LogP contribution in [0.3, 0.4) is 0 Å². The first-order chi connectivity index (χ1) is 9.25. The zero-order valence-electron chi connectivity index (χ0n) is 9.72. The first-order valence-corrected chi connectivity index (χ1v) is 5.40. The number of hydrogen-bond acceptors (Lipinski definition) is 6. The van der Waals surface area contributed by atoms with Crippen LogP contribution in [0.1, 0.15) is 5.56 Å². The van der Waals surface area contributed by atoms with Crippen LogP contribution in [0.2, 0.25) is 5.02 Å². The van der Waals surface area contributed by atoms with Gasteiger partial charge in [0.2, 0.25) is 0 Å². The highest BCUT2D eigenvalue weighted by Gasteiger charge is 2.34. The van der Waals surface area contributed by atoms with E-state index >= 15 is 0 Å². The lowest BCUT2D eigenvalue weighted by molar-refractivity contribution is -0.422. The molecule has 1 aromatic carbocycles. The molecule has 10 nitrogen and oxygen atoms in total. The van der Waals surface area contributed by atoms with E-state index in [2.05, 4.69) is 9.97 Å². The highest BCUT2D eigenvalue weighted by molar-refractivity contribution is 6.37. The summed E-state index contributed by atoms with van der Waals surface area (Å²) in [5.74, 6) is 0. The summed E-state index contributed by atoms with van der Waals surface area (Å²) in [6, 6.07) is 0. The molecule has 1 aromatic heterocycles. The maximum atomic E-state index is 11.3. The van der Waals surface area contributed by atoms with Crippen molar-refractivity contribution in [2.24, 2.45) is 0 Å². The number of nitrogens with one attached hydrogen (secondary N) is 2. The van der Waals surface area contributed by atoms with Crippen molar-refractivity contribution in [3.05, 3.63) is 51.5 Å². The van der Waals surface area contributed by atoms with Crippen LogP contribution in [0, 0.1) is 27.2 Å². The van der Waals surface area contributed by atoms with Crippen LogP contribution in [-0.2, 0) is 0 Å². The van der Waals surface area contributed by atoms with Crippen LogP contribution in [0.15, 0.2) is 9.59 Å². The Kier molecular flexibility index (Phi) is 3.02. The van der Waals surface area contributed by atoms with E-state index in [1.54, 1.807) is 0 Å². The fraction of sp³-hybridized carbons (Fsp3) is 0.111. The van der Waals surface area contributed by atoms with E-state index < -0.39 is 37.4 Å². The number of fused-ring (bicyclic) bond motifs is 1. The van der Waals surface area contributed by atoms with E-state index in [9.17, 15) is 29.8 Å². The predicted molar refractivity (Wildman–Crippen MR) is 68.2 cm³/mol. The maximum Gasteiger partial charge on any atom is 0.367 e. The number of H-pyrrole nitrogens is 2. The summed E-state index contributed by atoms with van der Waals surface area (Å²) in [5.41, 5.74) is -4.42. The number of aromatic nitrogens is 2. The van der Waals surface area contributed by atoms with Gasteiger partial charge in [0.15, 0.2) is 5.02 Å². The summed E-state index contributed by atoms with van der Waals surface area (Å²) in [5, 5.41) is 21.3. The lowest BCUT2D eigenvalue weighted by atomic mass is 10.1. The number of nitrogens with zero attached hydrogens (tertiary/aromatic N) is 2. The van der Waals surface area contributed by atoms with Gasteiger partial charge in [-0.3, -0.25) is 29.8 Å². The number of halogens is 1. The second kappa shape index (κ2) is 4.42. The van der Waals surface area contributed by atoms with Crippen molar-refractivity contribution in [2.75, 3.05) is 0 Å². The van der Waals surface area contributed by atoms with Gasteiger partial charge in [-0.1, -0.05) is 11.6 Å². The molecule has 2 rings (SSSR count). The van der Waals surface area contributed by atoms with Gasteiger partial charge in [0.05, 0.1) is 26.4 Å². The molecule has 0 saturated carbocycles. The van der Waals surface area contributed by atoms with Gasteiger partial charge in [0.25, 0.3) is 0 Å². The van der Waals surface area contributed by atoms with Crippen LogP contribution < -0.4 is 11.1 Å². The first-order valence-electron chi connectivity index (χ1n) is 5.02. The second-order valence-corrected chi connectivity index (χ2v) is 4.19. The van der Waals surface area contributed by atoms with E-state index in [4.69, 9.17) is 11.6 Å². The molecule has 0 saturated heterocycles. The first kappa shape index (κ1) is 13.7. The van der Waals surface area contributed by atoms with Crippen molar-refractivity contribution in [2.45, 2.75) is 6.92 Å². The number of benzene rings is 1. The Morgan fingerprint density at radius 1 is 0.950 bits per heavy atom. The fourth-order valence-electron chi connectivity index (χ4n) is 1.82. The molecule has 2 N–H and O–H groups in total. The number of nitro benzene ring substituents is 2. The minimum Gasteiger partial charge on any atom is -0.315 e. The number of nitro groups is 2. The third-order valence-electron chi connectivity index (χ3n) is 2.68. The topological polar surface area (TPSA) is 152 Å². The molecular weight excluding hydrogens is 296 g/mol. The molecule has 1 heterocycles. The van der Waals surface area contributed by atoms with Crippen molar-refractivity contribution in [1.82, 2.24) is 9.97 Å². The normalized spacial score (nSPS) is 10.7. The molecule has 0 aliphatic rings. The molecule has 20 heavy (non-hydrogen) atoms. The highest BCUT2D eigenvalue weighted by Crippen LogP contribution is 2.41. The number of aryl methyl sites for hydroxylation is 1. The van der Waals surface area contributed by atoms with Crippen LogP contribution >= 0.6 is 11.6 Å². The van der Waals surface area contributed by atoms with Gasteiger partial charge in [-0.25, -0.2) is 0 Å². The van der Waals surface area contributed by atoms with Crippen LogP contribution in [0.4, 0.5) is 11.4 Å². The van der Waals surface area contributed by atoms with Crippen molar-refractivity contribution in [3.63, 3.8) is 0 Å². The number of hydrogen-bond donors (Lipinski definition) is 2. The van der Waals surface area contributed by atoms with Gasteiger partial charge in [-0.05, 0) is 6.92 Å². The standard InChI is InChI=1S/C9H5ClN4O6/c1-2-4-5(12-9(16)8(15)11-4)3(10)7(14(19)20)6(2)13(17)18/h1H3,(H,11,15)(H,12,16). The van der Waals surface area contributed by atoms with Gasteiger partial charge in [0.1, 0.15) is 0 Å². The summed E-state index contributed by atoms with van der Waals surface area (Å²) in [7, 11) is 0. The van der Waals surface area contributed by atoms with Crippen LogP contribution in [-0.4, -0.2) is 19.8 Å².